The van der Waals surface area contributed by atoms with Crippen molar-refractivity contribution in [2.24, 2.45) is 4.99 Å². The van der Waals surface area contributed by atoms with E-state index in [0.29, 0.717) is 75.0 Å². The number of amides is 4. The summed E-state index contributed by atoms with van der Waals surface area (Å²) < 4.78 is 3.48. The Bertz CT molecular complexity index is 2740. The standard InChI is InChI=1S/C43H37N15O4/c44-38-36-40(49-22-47-38)57(24-51-36)19-17-34(59)53-30-9-3-27(4-10-30)42(61)55-32-7-1-26(2-8-32)21-46-29-13-15-33(16-14-29)56-43(62)28-5-11-31(12-6-28)54-35(60)18-20-58-25-52-37-39(45)48-23-50-41(37)58/h1-16,21-25H,17-20H2,(H,53,59)(H,54,60)(H,55,61)(H,56,62)(H2,44,47,49)(H2,45,48,50). The van der Waals surface area contributed by atoms with Crippen molar-refractivity contribution in [1.82, 2.24) is 39.0 Å². The molecule has 4 heterocycles. The topological polar surface area (TPSA) is 268 Å². The van der Waals surface area contributed by atoms with Gasteiger partial charge in [0.05, 0.1) is 18.3 Å². The van der Waals surface area contributed by atoms with Crippen LogP contribution in [0.2, 0.25) is 0 Å². The molecular formula is C43H37N15O4. The molecule has 4 amide bonds. The van der Waals surface area contributed by atoms with Crippen LogP contribution in [-0.4, -0.2) is 68.9 Å². The Morgan fingerprint density at radius 3 is 1.37 bits per heavy atom. The average molecular weight is 828 g/mol. The quantitative estimate of drug-likeness (QED) is 0.0748. The fourth-order valence-electron chi connectivity index (χ4n) is 6.26. The van der Waals surface area contributed by atoms with Crippen LogP contribution in [0.5, 0.6) is 0 Å². The third-order valence-corrected chi connectivity index (χ3v) is 9.54. The second-order valence-corrected chi connectivity index (χ2v) is 13.8. The molecule has 0 fully saturated rings. The van der Waals surface area contributed by atoms with E-state index >= 15 is 0 Å². The molecule has 19 heteroatoms. The van der Waals surface area contributed by atoms with Gasteiger partial charge in [-0.25, -0.2) is 29.9 Å². The van der Waals surface area contributed by atoms with Gasteiger partial charge in [0, 0.05) is 66.0 Å². The number of nitrogen functional groups attached to an aromatic ring is 2. The number of aromatic nitrogens is 8. The van der Waals surface area contributed by atoms with Crippen LogP contribution in [0.1, 0.15) is 39.1 Å². The lowest BCUT2D eigenvalue weighted by Gasteiger charge is -2.09. The highest BCUT2D eigenvalue weighted by atomic mass is 16.2. The monoisotopic (exact) mass is 827 g/mol. The highest BCUT2D eigenvalue weighted by Crippen LogP contribution is 2.20. The summed E-state index contributed by atoms with van der Waals surface area (Å²) in [5, 5.41) is 11.4. The second kappa shape index (κ2) is 18.0. The summed E-state index contributed by atoms with van der Waals surface area (Å²) in [5.74, 6) is -0.478. The molecule has 0 saturated carbocycles. The van der Waals surface area contributed by atoms with Gasteiger partial charge in [-0.1, -0.05) is 12.1 Å². The van der Waals surface area contributed by atoms with Crippen LogP contribution in [0, 0.1) is 0 Å². The van der Waals surface area contributed by atoms with E-state index in [1.807, 2.05) is 12.1 Å². The number of nitrogens with one attached hydrogen (secondary N) is 4. The molecule has 4 aromatic heterocycles. The van der Waals surface area contributed by atoms with E-state index in [1.165, 1.54) is 12.7 Å². The molecule has 8 N–H and O–H groups in total. The van der Waals surface area contributed by atoms with Crippen molar-refractivity contribution in [3.05, 3.63) is 139 Å². The molecule has 19 nitrogen and oxygen atoms in total. The summed E-state index contributed by atoms with van der Waals surface area (Å²) >= 11 is 0. The first-order valence-electron chi connectivity index (χ1n) is 19.1. The van der Waals surface area contributed by atoms with Crippen LogP contribution in [-0.2, 0) is 22.7 Å². The summed E-state index contributed by atoms with van der Waals surface area (Å²) in [5.41, 5.74) is 18.4. The van der Waals surface area contributed by atoms with Gasteiger partial charge in [-0.05, 0) is 90.5 Å². The maximum Gasteiger partial charge on any atom is 0.255 e. The third-order valence-electron chi connectivity index (χ3n) is 9.54. The van der Waals surface area contributed by atoms with E-state index in [4.69, 9.17) is 11.5 Å². The molecule has 0 unspecified atom stereocenters. The Balaban J connectivity index is 0.759. The highest BCUT2D eigenvalue weighted by molar-refractivity contribution is 6.05. The molecule has 4 aromatic carbocycles. The van der Waals surface area contributed by atoms with E-state index in [1.54, 1.807) is 113 Å². The fraction of sp³-hybridized carbons (Fsp3) is 0.0930. The molecule has 8 rings (SSSR count). The number of hydrogen-bond donors (Lipinski definition) is 6. The normalized spacial score (nSPS) is 11.2. The first kappa shape index (κ1) is 39.9. The Morgan fingerprint density at radius 2 is 0.919 bits per heavy atom. The fourth-order valence-corrected chi connectivity index (χ4v) is 6.26. The number of nitrogens with two attached hydrogens (primary N) is 2. The van der Waals surface area contributed by atoms with Crippen molar-refractivity contribution < 1.29 is 19.2 Å². The van der Waals surface area contributed by atoms with Gasteiger partial charge >= 0.3 is 0 Å². The Kier molecular flexibility index (Phi) is 11.6. The van der Waals surface area contributed by atoms with Crippen molar-refractivity contribution >= 4 is 92.2 Å². The molecule has 0 atom stereocenters. The number of imidazole rings is 2. The van der Waals surface area contributed by atoms with E-state index in [-0.39, 0.29) is 48.1 Å². The SMILES string of the molecule is Nc1ncnc2c1ncn2CCC(=O)Nc1ccc(C(=O)Nc2ccc(C=Nc3ccc(NC(=O)c4ccc(NC(=O)CCn5cnc6c(N)ncnc65)cc4)cc3)cc2)cc1. The number of carbonyl (C=O) groups is 4. The number of aliphatic imine (C=N–C) groups is 1. The number of aryl methyl sites for hydroxylation is 2. The van der Waals surface area contributed by atoms with E-state index in [2.05, 4.69) is 56.2 Å². The van der Waals surface area contributed by atoms with E-state index in [0.717, 1.165) is 5.56 Å². The van der Waals surface area contributed by atoms with Gasteiger partial charge in [0.2, 0.25) is 11.8 Å². The minimum Gasteiger partial charge on any atom is -0.382 e. The summed E-state index contributed by atoms with van der Waals surface area (Å²) in [6.45, 7) is 0.705. The highest BCUT2D eigenvalue weighted by Gasteiger charge is 2.13. The number of fused-ring (bicyclic) bond motifs is 2. The van der Waals surface area contributed by atoms with Crippen LogP contribution >= 0.6 is 0 Å². The Hall–Kier alpha value is -8.87. The molecule has 308 valence electrons. The van der Waals surface area contributed by atoms with Crippen molar-refractivity contribution in [3.63, 3.8) is 0 Å². The van der Waals surface area contributed by atoms with Gasteiger partial charge < -0.3 is 41.9 Å². The maximum absolute atomic E-state index is 12.9. The van der Waals surface area contributed by atoms with Crippen LogP contribution in [0.3, 0.4) is 0 Å². The minimum absolute atomic E-state index is 0.177. The second-order valence-electron chi connectivity index (χ2n) is 13.8. The first-order chi connectivity index (χ1) is 30.1. The first-order valence-corrected chi connectivity index (χ1v) is 19.1. The number of rotatable bonds is 14. The lowest BCUT2D eigenvalue weighted by atomic mass is 10.1. The van der Waals surface area contributed by atoms with Gasteiger partial charge in [-0.2, -0.15) is 0 Å². The predicted molar refractivity (Wildman–Crippen MR) is 235 cm³/mol. The van der Waals surface area contributed by atoms with Crippen molar-refractivity contribution in [2.75, 3.05) is 32.7 Å². The summed E-state index contributed by atoms with van der Waals surface area (Å²) in [6.07, 6.45) is 7.90. The molecule has 62 heavy (non-hydrogen) atoms. The predicted octanol–water partition coefficient (Wildman–Crippen LogP) is 5.44. The van der Waals surface area contributed by atoms with Crippen LogP contribution in [0.4, 0.5) is 40.1 Å². The largest absolute Gasteiger partial charge is 0.382 e. The summed E-state index contributed by atoms with van der Waals surface area (Å²) in [4.78, 5) is 80.2. The zero-order valence-electron chi connectivity index (χ0n) is 32.8. The van der Waals surface area contributed by atoms with Gasteiger partial charge in [-0.15, -0.1) is 0 Å². The number of nitrogens with zero attached hydrogens (tertiary/aromatic N) is 9. The third kappa shape index (κ3) is 9.53. The van der Waals surface area contributed by atoms with Crippen molar-refractivity contribution in [1.29, 1.82) is 0 Å². The lowest BCUT2D eigenvalue weighted by molar-refractivity contribution is -0.117. The molecule has 0 saturated heterocycles. The zero-order chi connectivity index (χ0) is 43.0. The van der Waals surface area contributed by atoms with Gasteiger partial charge in [-0.3, -0.25) is 24.2 Å². The Labute approximate surface area is 352 Å². The molecule has 0 aliphatic rings. The Morgan fingerprint density at radius 1 is 0.516 bits per heavy atom. The van der Waals surface area contributed by atoms with Gasteiger partial charge in [0.25, 0.3) is 11.8 Å². The van der Waals surface area contributed by atoms with E-state index in [9.17, 15) is 19.2 Å². The van der Waals surface area contributed by atoms with Gasteiger partial charge in [0.15, 0.2) is 22.9 Å². The van der Waals surface area contributed by atoms with Gasteiger partial charge in [0.1, 0.15) is 23.7 Å². The number of benzene rings is 4. The summed E-state index contributed by atoms with van der Waals surface area (Å²) in [6, 6.07) is 27.4. The summed E-state index contributed by atoms with van der Waals surface area (Å²) in [7, 11) is 0. The average Bonchev–Trinajstić information content (AvgIpc) is 3.91. The zero-order valence-corrected chi connectivity index (χ0v) is 32.8. The minimum atomic E-state index is -0.309. The van der Waals surface area contributed by atoms with E-state index < -0.39 is 0 Å². The van der Waals surface area contributed by atoms with Crippen LogP contribution < -0.4 is 32.7 Å². The smallest absolute Gasteiger partial charge is 0.255 e. The van der Waals surface area contributed by atoms with Crippen LogP contribution in [0.15, 0.2) is 127 Å². The molecule has 0 aliphatic carbocycles. The molecular weight excluding hydrogens is 791 g/mol. The lowest BCUT2D eigenvalue weighted by Crippen LogP contribution is -2.15. The number of hydrogen-bond acceptors (Lipinski definition) is 13. The van der Waals surface area contributed by atoms with Crippen molar-refractivity contribution in [3.8, 4) is 0 Å². The number of anilines is 6. The number of carbonyl (C=O) groups excluding carboxylic acids is 4. The van der Waals surface area contributed by atoms with Crippen LogP contribution in [0.25, 0.3) is 22.3 Å². The molecule has 0 aliphatic heterocycles. The molecule has 0 radical (unpaired) electrons. The maximum atomic E-state index is 12.9. The van der Waals surface area contributed by atoms with Crippen molar-refractivity contribution in [2.45, 2.75) is 25.9 Å². The molecule has 8 aromatic rings. The molecule has 0 spiro atoms. The molecule has 0 bridgehead atoms.